The van der Waals surface area contributed by atoms with Gasteiger partial charge >= 0.3 is 0 Å². The zero-order valence-electron chi connectivity index (χ0n) is 12.1. The van der Waals surface area contributed by atoms with E-state index in [1.165, 1.54) is 25.9 Å². The molecule has 18 heavy (non-hydrogen) atoms. The first-order valence-corrected chi connectivity index (χ1v) is 7.24. The first kappa shape index (κ1) is 15.4. The molecule has 0 saturated carbocycles. The largest absolute Gasteiger partial charge is 0.354 e. The molecule has 1 aliphatic rings. The summed E-state index contributed by atoms with van der Waals surface area (Å²) in [6, 6.07) is -0.357. The normalized spacial score (nSPS) is 20.1. The van der Waals surface area contributed by atoms with Gasteiger partial charge in [0.1, 0.15) is 0 Å². The number of carbonyl (C=O) groups excluding carboxylic acids is 1. The monoisotopic (exact) mass is 255 g/mol. The zero-order chi connectivity index (χ0) is 13.5. The molecular formula is C14H29N3O. The molecular weight excluding hydrogens is 226 g/mol. The van der Waals surface area contributed by atoms with Gasteiger partial charge in [-0.2, -0.15) is 0 Å². The highest BCUT2D eigenvalue weighted by Crippen LogP contribution is 2.09. The van der Waals surface area contributed by atoms with Crippen LogP contribution in [0.2, 0.25) is 0 Å². The summed E-state index contributed by atoms with van der Waals surface area (Å²) in [4.78, 5) is 14.2. The highest BCUT2D eigenvalue weighted by atomic mass is 16.2. The van der Waals surface area contributed by atoms with Crippen molar-refractivity contribution in [2.45, 2.75) is 46.1 Å². The second-order valence-electron chi connectivity index (χ2n) is 6.09. The fourth-order valence-corrected chi connectivity index (χ4v) is 2.49. The summed E-state index contributed by atoms with van der Waals surface area (Å²) < 4.78 is 0. The third-order valence-electron chi connectivity index (χ3n) is 3.46. The second-order valence-corrected chi connectivity index (χ2v) is 6.09. The Kier molecular flexibility index (Phi) is 6.65. The molecule has 0 aromatic carbocycles. The van der Waals surface area contributed by atoms with Crippen LogP contribution in [0.1, 0.15) is 40.0 Å². The first-order chi connectivity index (χ1) is 8.49. The summed E-state index contributed by atoms with van der Waals surface area (Å²) in [6.45, 7) is 10.6. The van der Waals surface area contributed by atoms with E-state index < -0.39 is 0 Å². The Morgan fingerprint density at radius 3 is 2.44 bits per heavy atom. The number of carbonyl (C=O) groups is 1. The molecule has 4 nitrogen and oxygen atoms in total. The first-order valence-electron chi connectivity index (χ1n) is 7.24. The molecule has 3 N–H and O–H groups in total. The van der Waals surface area contributed by atoms with Gasteiger partial charge in [0.2, 0.25) is 5.91 Å². The number of nitrogens with two attached hydrogens (primary N) is 1. The van der Waals surface area contributed by atoms with Gasteiger partial charge in [0.25, 0.3) is 0 Å². The predicted molar refractivity (Wildman–Crippen MR) is 75.3 cm³/mol. The summed E-state index contributed by atoms with van der Waals surface area (Å²) >= 11 is 0. The fourth-order valence-electron chi connectivity index (χ4n) is 2.49. The van der Waals surface area contributed by atoms with Crippen molar-refractivity contribution in [2.75, 3.05) is 26.2 Å². The van der Waals surface area contributed by atoms with E-state index in [9.17, 15) is 4.79 Å². The van der Waals surface area contributed by atoms with Crippen LogP contribution in [0, 0.1) is 11.8 Å². The lowest BCUT2D eigenvalue weighted by Gasteiger charge is -2.21. The Bertz CT molecular complexity index is 249. The number of hydrogen-bond acceptors (Lipinski definition) is 3. The van der Waals surface area contributed by atoms with E-state index in [4.69, 9.17) is 5.73 Å². The van der Waals surface area contributed by atoms with E-state index in [-0.39, 0.29) is 11.9 Å². The Labute approximate surface area is 111 Å². The predicted octanol–water partition coefficient (Wildman–Crippen LogP) is 1.21. The van der Waals surface area contributed by atoms with Crippen LogP contribution in [0.25, 0.3) is 0 Å². The van der Waals surface area contributed by atoms with Gasteiger partial charge < -0.3 is 16.0 Å². The van der Waals surface area contributed by atoms with Crippen LogP contribution in [0.5, 0.6) is 0 Å². The zero-order valence-corrected chi connectivity index (χ0v) is 12.1. The molecule has 2 atom stereocenters. The summed E-state index contributed by atoms with van der Waals surface area (Å²) in [5.41, 5.74) is 5.85. The quantitative estimate of drug-likeness (QED) is 0.719. The van der Waals surface area contributed by atoms with Gasteiger partial charge in [-0.1, -0.05) is 20.8 Å². The van der Waals surface area contributed by atoms with Gasteiger partial charge in [0.15, 0.2) is 0 Å². The van der Waals surface area contributed by atoms with E-state index in [1.54, 1.807) is 0 Å². The lowest BCUT2D eigenvalue weighted by molar-refractivity contribution is -0.122. The Balaban J connectivity index is 2.16. The fraction of sp³-hybridized carbons (Fsp3) is 0.929. The van der Waals surface area contributed by atoms with Crippen LogP contribution < -0.4 is 11.1 Å². The molecule has 0 aliphatic carbocycles. The lowest BCUT2D eigenvalue weighted by Crippen LogP contribution is -2.44. The third-order valence-corrected chi connectivity index (χ3v) is 3.46. The summed E-state index contributed by atoms with van der Waals surface area (Å²) in [6.07, 6.45) is 3.39. The molecule has 4 heteroatoms. The summed E-state index contributed by atoms with van der Waals surface area (Å²) in [5.74, 6) is 0.961. The molecule has 1 amide bonds. The summed E-state index contributed by atoms with van der Waals surface area (Å²) in [5, 5.41) is 2.97. The number of nitrogens with zero attached hydrogens (tertiary/aromatic N) is 1. The van der Waals surface area contributed by atoms with E-state index in [0.29, 0.717) is 11.8 Å². The minimum atomic E-state index is -0.357. The van der Waals surface area contributed by atoms with Crippen molar-refractivity contribution in [3.63, 3.8) is 0 Å². The Morgan fingerprint density at radius 2 is 1.89 bits per heavy atom. The molecule has 1 heterocycles. The topological polar surface area (TPSA) is 58.4 Å². The highest BCUT2D eigenvalue weighted by molar-refractivity contribution is 5.81. The molecule has 0 bridgehead atoms. The molecule has 1 rings (SSSR count). The maximum absolute atomic E-state index is 11.8. The lowest BCUT2D eigenvalue weighted by atomic mass is 10.0. The van der Waals surface area contributed by atoms with Gasteiger partial charge in [0, 0.05) is 13.1 Å². The van der Waals surface area contributed by atoms with Gasteiger partial charge in [-0.15, -0.1) is 0 Å². The third kappa shape index (κ3) is 5.83. The molecule has 0 radical (unpaired) electrons. The Hall–Kier alpha value is -0.610. The van der Waals surface area contributed by atoms with E-state index in [1.807, 2.05) is 0 Å². The van der Waals surface area contributed by atoms with Crippen molar-refractivity contribution >= 4 is 5.91 Å². The Morgan fingerprint density at radius 1 is 1.28 bits per heavy atom. The number of rotatable bonds is 7. The van der Waals surface area contributed by atoms with Crippen LogP contribution in [0.3, 0.4) is 0 Å². The van der Waals surface area contributed by atoms with Crippen molar-refractivity contribution in [3.8, 4) is 0 Å². The minimum absolute atomic E-state index is 0.00280. The van der Waals surface area contributed by atoms with Crippen LogP contribution in [0.4, 0.5) is 0 Å². The average molecular weight is 255 g/mol. The van der Waals surface area contributed by atoms with Gasteiger partial charge in [0.05, 0.1) is 6.04 Å². The second kappa shape index (κ2) is 7.74. The standard InChI is InChI=1S/C14H29N3O/c1-11(2)8-13(15)14(18)16-9-12(3)10-17-6-4-5-7-17/h11-13H,4-10,15H2,1-3H3,(H,16,18)/t12?,13-/m0/s1. The molecule has 1 fully saturated rings. The van der Waals surface area contributed by atoms with Crippen LogP contribution >= 0.6 is 0 Å². The number of likely N-dealkylation sites (tertiary alicyclic amines) is 1. The molecule has 1 aliphatic heterocycles. The van der Waals surface area contributed by atoms with Gasteiger partial charge in [-0.3, -0.25) is 4.79 Å². The highest BCUT2D eigenvalue weighted by Gasteiger charge is 2.17. The molecule has 106 valence electrons. The number of amides is 1. The van der Waals surface area contributed by atoms with Crippen molar-refractivity contribution in [1.29, 1.82) is 0 Å². The van der Waals surface area contributed by atoms with Crippen LogP contribution in [0.15, 0.2) is 0 Å². The van der Waals surface area contributed by atoms with E-state index >= 15 is 0 Å². The smallest absolute Gasteiger partial charge is 0.236 e. The SMILES string of the molecule is CC(C)C[C@H](N)C(=O)NCC(C)CN1CCCC1. The van der Waals surface area contributed by atoms with E-state index in [0.717, 1.165) is 19.5 Å². The van der Waals surface area contributed by atoms with Crippen LogP contribution in [-0.2, 0) is 4.79 Å². The van der Waals surface area contributed by atoms with Crippen molar-refractivity contribution in [2.24, 2.45) is 17.6 Å². The van der Waals surface area contributed by atoms with E-state index in [2.05, 4.69) is 31.0 Å². The van der Waals surface area contributed by atoms with Crippen molar-refractivity contribution in [3.05, 3.63) is 0 Å². The van der Waals surface area contributed by atoms with Crippen LogP contribution in [-0.4, -0.2) is 43.0 Å². The molecule has 0 aromatic heterocycles. The maximum atomic E-state index is 11.8. The molecule has 1 unspecified atom stereocenters. The number of hydrogen-bond donors (Lipinski definition) is 2. The molecule has 0 spiro atoms. The summed E-state index contributed by atoms with van der Waals surface area (Å²) in [7, 11) is 0. The average Bonchev–Trinajstić information content (AvgIpc) is 2.77. The maximum Gasteiger partial charge on any atom is 0.236 e. The number of nitrogens with one attached hydrogen (secondary N) is 1. The van der Waals surface area contributed by atoms with Crippen molar-refractivity contribution < 1.29 is 4.79 Å². The molecule has 1 saturated heterocycles. The minimum Gasteiger partial charge on any atom is -0.354 e. The molecule has 0 aromatic rings. The van der Waals surface area contributed by atoms with Gasteiger partial charge in [-0.05, 0) is 44.2 Å². The van der Waals surface area contributed by atoms with Gasteiger partial charge in [-0.25, -0.2) is 0 Å². The van der Waals surface area contributed by atoms with Crippen molar-refractivity contribution in [1.82, 2.24) is 10.2 Å².